The number of likely N-dealkylation sites (N-methyl/N-ethyl adjacent to an activating group) is 1. The molecule has 102 valence electrons. The topological polar surface area (TPSA) is 71.2 Å². The number of aromatic nitrogens is 1. The van der Waals surface area contributed by atoms with Crippen LogP contribution in [0.4, 0.5) is 5.13 Å². The first-order chi connectivity index (χ1) is 8.19. The van der Waals surface area contributed by atoms with E-state index in [-0.39, 0.29) is 17.5 Å². The number of hydrogen-bond acceptors (Lipinski definition) is 5. The zero-order valence-electron chi connectivity index (χ0n) is 11.7. The molecule has 1 unspecified atom stereocenters. The fourth-order valence-electron chi connectivity index (χ4n) is 1.45. The van der Waals surface area contributed by atoms with Crippen molar-refractivity contribution in [2.75, 3.05) is 12.8 Å². The molecular formula is C12H22N4OS. The molecule has 6 heteroatoms. The number of anilines is 1. The van der Waals surface area contributed by atoms with E-state index >= 15 is 0 Å². The summed E-state index contributed by atoms with van der Waals surface area (Å²) in [5, 5.41) is 3.53. The number of rotatable bonds is 4. The van der Waals surface area contributed by atoms with Gasteiger partial charge in [-0.2, -0.15) is 0 Å². The van der Waals surface area contributed by atoms with Crippen molar-refractivity contribution < 1.29 is 4.79 Å². The first kappa shape index (κ1) is 14.9. The van der Waals surface area contributed by atoms with Crippen molar-refractivity contribution in [2.45, 2.75) is 45.8 Å². The van der Waals surface area contributed by atoms with Crippen LogP contribution in [0.3, 0.4) is 0 Å². The predicted molar refractivity (Wildman–Crippen MR) is 75.4 cm³/mol. The number of nitrogens with zero attached hydrogens (tertiary/aromatic N) is 2. The highest BCUT2D eigenvalue weighted by Crippen LogP contribution is 2.17. The van der Waals surface area contributed by atoms with Gasteiger partial charge in [0.25, 0.3) is 0 Å². The Bertz CT molecular complexity index is 410. The Morgan fingerprint density at radius 2 is 2.22 bits per heavy atom. The van der Waals surface area contributed by atoms with Crippen LogP contribution < -0.4 is 11.1 Å². The molecule has 3 N–H and O–H groups in total. The van der Waals surface area contributed by atoms with E-state index in [0.717, 1.165) is 4.88 Å². The zero-order valence-corrected chi connectivity index (χ0v) is 12.5. The molecule has 1 atom stereocenters. The summed E-state index contributed by atoms with van der Waals surface area (Å²) < 4.78 is 0. The van der Waals surface area contributed by atoms with Crippen LogP contribution in [0.15, 0.2) is 6.20 Å². The van der Waals surface area contributed by atoms with Crippen LogP contribution in [0, 0.1) is 0 Å². The third-order valence-corrected chi connectivity index (χ3v) is 3.33. The molecule has 1 aromatic heterocycles. The molecule has 0 aliphatic heterocycles. The van der Waals surface area contributed by atoms with Gasteiger partial charge >= 0.3 is 0 Å². The Kier molecular flexibility index (Phi) is 4.70. The average molecular weight is 270 g/mol. The van der Waals surface area contributed by atoms with E-state index in [4.69, 9.17) is 5.73 Å². The molecule has 1 rings (SSSR count). The summed E-state index contributed by atoms with van der Waals surface area (Å²) in [5.41, 5.74) is 5.38. The van der Waals surface area contributed by atoms with E-state index in [2.05, 4.69) is 10.3 Å². The fraction of sp³-hybridized carbons (Fsp3) is 0.667. The van der Waals surface area contributed by atoms with Crippen molar-refractivity contribution in [1.82, 2.24) is 15.2 Å². The Hall–Kier alpha value is -1.14. The number of nitrogens with two attached hydrogens (primary N) is 1. The van der Waals surface area contributed by atoms with Crippen molar-refractivity contribution in [3.63, 3.8) is 0 Å². The number of carbonyl (C=O) groups is 1. The minimum absolute atomic E-state index is 0.0301. The molecule has 0 aliphatic rings. The molecule has 0 aromatic carbocycles. The molecule has 1 amide bonds. The van der Waals surface area contributed by atoms with Crippen molar-refractivity contribution in [2.24, 2.45) is 0 Å². The quantitative estimate of drug-likeness (QED) is 0.869. The number of amides is 1. The van der Waals surface area contributed by atoms with E-state index in [1.54, 1.807) is 6.20 Å². The monoisotopic (exact) mass is 270 g/mol. The fourth-order valence-corrected chi connectivity index (χ4v) is 2.20. The van der Waals surface area contributed by atoms with Gasteiger partial charge in [0.1, 0.15) is 0 Å². The van der Waals surface area contributed by atoms with Gasteiger partial charge in [0.2, 0.25) is 5.91 Å². The van der Waals surface area contributed by atoms with E-state index < -0.39 is 0 Å². The van der Waals surface area contributed by atoms with Crippen LogP contribution in [0.1, 0.15) is 32.6 Å². The summed E-state index contributed by atoms with van der Waals surface area (Å²) >= 11 is 1.45. The first-order valence-corrected chi connectivity index (χ1v) is 6.73. The Morgan fingerprint density at radius 3 is 2.67 bits per heavy atom. The van der Waals surface area contributed by atoms with Crippen LogP contribution in [0.2, 0.25) is 0 Å². The highest BCUT2D eigenvalue weighted by atomic mass is 32.1. The number of carbonyl (C=O) groups excluding carboxylic acids is 1. The van der Waals surface area contributed by atoms with E-state index in [1.807, 2.05) is 39.6 Å². The van der Waals surface area contributed by atoms with E-state index in [1.165, 1.54) is 11.3 Å². The van der Waals surface area contributed by atoms with Crippen molar-refractivity contribution >= 4 is 22.4 Å². The van der Waals surface area contributed by atoms with Crippen LogP contribution in [0.5, 0.6) is 0 Å². The minimum atomic E-state index is -0.207. The van der Waals surface area contributed by atoms with Crippen molar-refractivity contribution in [3.8, 4) is 0 Å². The van der Waals surface area contributed by atoms with Gasteiger partial charge in [-0.3, -0.25) is 9.69 Å². The maximum atomic E-state index is 12.0. The number of hydrogen-bond donors (Lipinski definition) is 2. The third kappa shape index (κ3) is 4.62. The van der Waals surface area contributed by atoms with E-state index in [9.17, 15) is 4.79 Å². The Balaban J connectivity index is 2.55. The molecule has 1 aromatic rings. The Morgan fingerprint density at radius 1 is 1.61 bits per heavy atom. The SMILES string of the molecule is CC(C(=O)NC(C)(C)C)N(C)Cc1cnc(N)s1. The van der Waals surface area contributed by atoms with Crippen LogP contribution in [0.25, 0.3) is 0 Å². The number of nitrogen functional groups attached to an aromatic ring is 1. The highest BCUT2D eigenvalue weighted by molar-refractivity contribution is 7.15. The summed E-state index contributed by atoms with van der Waals surface area (Å²) in [6.07, 6.45) is 1.75. The van der Waals surface area contributed by atoms with E-state index in [0.29, 0.717) is 11.7 Å². The molecule has 1 heterocycles. The summed E-state index contributed by atoms with van der Waals surface area (Å²) in [6.45, 7) is 8.49. The summed E-state index contributed by atoms with van der Waals surface area (Å²) in [7, 11) is 1.92. The standard InChI is InChI=1S/C12H22N4OS/c1-8(10(17)15-12(2,3)4)16(5)7-9-6-14-11(13)18-9/h6,8H,7H2,1-5H3,(H2,13,14)(H,15,17). The maximum Gasteiger partial charge on any atom is 0.237 e. The molecule has 5 nitrogen and oxygen atoms in total. The van der Waals surface area contributed by atoms with Gasteiger partial charge in [0.05, 0.1) is 6.04 Å². The van der Waals surface area contributed by atoms with Gasteiger partial charge in [-0.15, -0.1) is 11.3 Å². The summed E-state index contributed by atoms with van der Waals surface area (Å²) in [4.78, 5) is 19.0. The lowest BCUT2D eigenvalue weighted by Gasteiger charge is -2.28. The highest BCUT2D eigenvalue weighted by Gasteiger charge is 2.22. The molecule has 0 saturated heterocycles. The van der Waals surface area contributed by atoms with Crippen LogP contribution in [-0.4, -0.2) is 34.4 Å². The lowest BCUT2D eigenvalue weighted by Crippen LogP contribution is -2.49. The van der Waals surface area contributed by atoms with Gasteiger partial charge in [-0.05, 0) is 34.7 Å². The maximum absolute atomic E-state index is 12.0. The van der Waals surface area contributed by atoms with Gasteiger partial charge in [0.15, 0.2) is 5.13 Å². The van der Waals surface area contributed by atoms with Gasteiger partial charge in [-0.1, -0.05) is 0 Å². The predicted octanol–water partition coefficient (Wildman–Crippen LogP) is 1.46. The second kappa shape index (κ2) is 5.67. The number of nitrogens with one attached hydrogen (secondary N) is 1. The van der Waals surface area contributed by atoms with Gasteiger partial charge in [-0.25, -0.2) is 4.98 Å². The van der Waals surface area contributed by atoms with Crippen LogP contribution >= 0.6 is 11.3 Å². The molecule has 0 radical (unpaired) electrons. The lowest BCUT2D eigenvalue weighted by molar-refractivity contribution is -0.127. The smallest absolute Gasteiger partial charge is 0.237 e. The molecule has 0 spiro atoms. The van der Waals surface area contributed by atoms with Crippen LogP contribution in [-0.2, 0) is 11.3 Å². The van der Waals surface area contributed by atoms with Gasteiger partial charge < -0.3 is 11.1 Å². The average Bonchev–Trinajstić information content (AvgIpc) is 2.60. The molecular weight excluding hydrogens is 248 g/mol. The zero-order chi connectivity index (χ0) is 13.9. The molecule has 0 fully saturated rings. The van der Waals surface area contributed by atoms with Crippen molar-refractivity contribution in [3.05, 3.63) is 11.1 Å². The number of thiazole rings is 1. The summed E-state index contributed by atoms with van der Waals surface area (Å²) in [6, 6.07) is -0.187. The largest absolute Gasteiger partial charge is 0.375 e. The second-order valence-electron chi connectivity index (χ2n) is 5.50. The Labute approximate surface area is 112 Å². The first-order valence-electron chi connectivity index (χ1n) is 5.91. The minimum Gasteiger partial charge on any atom is -0.375 e. The second-order valence-corrected chi connectivity index (χ2v) is 6.64. The molecule has 0 saturated carbocycles. The van der Waals surface area contributed by atoms with Gasteiger partial charge in [0, 0.05) is 23.2 Å². The molecule has 0 aliphatic carbocycles. The van der Waals surface area contributed by atoms with Crippen molar-refractivity contribution in [1.29, 1.82) is 0 Å². The molecule has 18 heavy (non-hydrogen) atoms. The normalized spacial score (nSPS) is 13.7. The molecule has 0 bridgehead atoms. The third-order valence-electron chi connectivity index (χ3n) is 2.52. The summed E-state index contributed by atoms with van der Waals surface area (Å²) in [5.74, 6) is 0.0301. The lowest BCUT2D eigenvalue weighted by atomic mass is 10.1.